The number of thioether (sulfide) groups is 2. The van der Waals surface area contributed by atoms with Crippen LogP contribution in [0, 0.1) is 5.82 Å². The Morgan fingerprint density at radius 3 is 1.53 bits per heavy atom. The number of fused-ring (bicyclic) bond motifs is 2. The molecule has 3 N–H and O–H groups in total. The molecular formula is C64H69FN4O3S2. The van der Waals surface area contributed by atoms with Crippen LogP contribution in [-0.2, 0) is 19.1 Å². The second-order valence-electron chi connectivity index (χ2n) is 19.3. The Bertz CT molecular complexity index is 2650. The number of hydrogen-bond acceptors (Lipinski definition) is 8. The van der Waals surface area contributed by atoms with Gasteiger partial charge in [0, 0.05) is 48.8 Å². The van der Waals surface area contributed by atoms with Crippen LogP contribution in [0.4, 0.5) is 4.39 Å². The topological polar surface area (TPSA) is 77.1 Å². The fourth-order valence-corrected chi connectivity index (χ4v) is 14.6. The van der Waals surface area contributed by atoms with Gasteiger partial charge < -0.3 is 10.4 Å². The van der Waals surface area contributed by atoms with Crippen molar-refractivity contribution in [3.05, 3.63) is 262 Å². The normalized spacial score (nSPS) is 18.6. The third-order valence-electron chi connectivity index (χ3n) is 14.9. The molecule has 382 valence electrons. The van der Waals surface area contributed by atoms with Gasteiger partial charge in [0.05, 0.1) is 35.3 Å². The van der Waals surface area contributed by atoms with E-state index in [-0.39, 0.29) is 36.3 Å². The number of piperidine rings is 1. The van der Waals surface area contributed by atoms with E-state index in [2.05, 4.69) is 210 Å². The van der Waals surface area contributed by atoms with Gasteiger partial charge in [-0.3, -0.25) is 24.9 Å². The molecule has 2 aliphatic heterocycles. The van der Waals surface area contributed by atoms with Gasteiger partial charge in [-0.25, -0.2) is 4.39 Å². The van der Waals surface area contributed by atoms with Gasteiger partial charge in [0.1, 0.15) is 5.82 Å². The number of carbonyl (C=O) groups is 1. The lowest BCUT2D eigenvalue weighted by atomic mass is 9.79. The molecule has 0 saturated carbocycles. The second-order valence-corrected chi connectivity index (χ2v) is 21.9. The summed E-state index contributed by atoms with van der Waals surface area (Å²) in [5.74, 6) is 1.21. The van der Waals surface area contributed by atoms with E-state index in [0.717, 1.165) is 42.0 Å². The summed E-state index contributed by atoms with van der Waals surface area (Å²) in [6, 6.07) is 71.2. The van der Waals surface area contributed by atoms with Crippen LogP contribution < -0.4 is 10.8 Å². The summed E-state index contributed by atoms with van der Waals surface area (Å²) >= 11 is 3.77. The number of hydroxylamine groups is 1. The average Bonchev–Trinajstić information content (AvgIpc) is 3.67. The molecule has 2 saturated heterocycles. The molecule has 2 heterocycles. The number of aliphatic hydroxyl groups is 1. The lowest BCUT2D eigenvalue weighted by Gasteiger charge is -2.43. The molecule has 9 rings (SSSR count). The predicted molar refractivity (Wildman–Crippen MR) is 304 cm³/mol. The van der Waals surface area contributed by atoms with Crippen LogP contribution >= 0.6 is 23.5 Å². The fourth-order valence-electron chi connectivity index (χ4n) is 11.7. The Kier molecular flexibility index (Phi) is 18.2. The van der Waals surface area contributed by atoms with Gasteiger partial charge in [-0.05, 0) is 88.9 Å². The number of rotatable bonds is 24. The first-order valence-corrected chi connectivity index (χ1v) is 28.1. The van der Waals surface area contributed by atoms with Crippen molar-refractivity contribution in [3.63, 3.8) is 0 Å². The molecule has 7 nitrogen and oxygen atoms in total. The first-order valence-electron chi connectivity index (χ1n) is 26.2. The zero-order valence-corrected chi connectivity index (χ0v) is 44.2. The summed E-state index contributed by atoms with van der Waals surface area (Å²) in [7, 11) is 1.62. The Balaban J connectivity index is 0.956. The third kappa shape index (κ3) is 11.8. The van der Waals surface area contributed by atoms with Gasteiger partial charge in [0.15, 0.2) is 0 Å². The van der Waals surface area contributed by atoms with Crippen LogP contribution in [0.5, 0.6) is 0 Å². The highest BCUT2D eigenvalue weighted by molar-refractivity contribution is 8.00. The highest BCUT2D eigenvalue weighted by Crippen LogP contribution is 2.51. The van der Waals surface area contributed by atoms with Gasteiger partial charge in [0.25, 0.3) is 0 Å². The molecule has 0 aromatic heterocycles. The van der Waals surface area contributed by atoms with Crippen molar-refractivity contribution >= 4 is 29.4 Å². The quantitative estimate of drug-likeness (QED) is 0.0314. The van der Waals surface area contributed by atoms with Crippen LogP contribution in [0.1, 0.15) is 77.5 Å². The van der Waals surface area contributed by atoms with Crippen LogP contribution in [0.15, 0.2) is 218 Å². The molecule has 7 aromatic carbocycles. The molecule has 0 aliphatic carbocycles. The Morgan fingerprint density at radius 1 is 0.649 bits per heavy atom. The SMILES string of the molecule is CCC(NOC)=C1C(c2ccc(F)cc2)CC2CC(O)C1N2CCCN(CCSC(c1ccccc1)(c1ccccc1)c1ccccc1)CC(=O)NCCSC(c1ccccc1)(c1ccccc1)c1ccccc1. The molecule has 74 heavy (non-hydrogen) atoms. The number of nitrogens with one attached hydrogen (secondary N) is 2. The van der Waals surface area contributed by atoms with Gasteiger partial charge in [-0.2, -0.15) is 0 Å². The van der Waals surface area contributed by atoms with E-state index in [1.165, 1.54) is 45.5 Å². The van der Waals surface area contributed by atoms with E-state index in [0.29, 0.717) is 38.2 Å². The fraction of sp³-hybridized carbons (Fsp3) is 0.297. The number of allylic oxidation sites excluding steroid dienone is 1. The zero-order chi connectivity index (χ0) is 51.2. The maximum absolute atomic E-state index is 14.4. The van der Waals surface area contributed by atoms with Crippen molar-refractivity contribution in [2.45, 2.75) is 66.2 Å². The molecule has 0 radical (unpaired) electrons. The van der Waals surface area contributed by atoms with Crippen LogP contribution in [0.3, 0.4) is 0 Å². The van der Waals surface area contributed by atoms with Crippen LogP contribution in [0.2, 0.25) is 0 Å². The molecule has 7 aromatic rings. The van der Waals surface area contributed by atoms with Crippen molar-refractivity contribution in [2.75, 3.05) is 51.3 Å². The van der Waals surface area contributed by atoms with Crippen molar-refractivity contribution in [2.24, 2.45) is 0 Å². The van der Waals surface area contributed by atoms with Gasteiger partial charge in [-0.1, -0.05) is 201 Å². The molecule has 2 bridgehead atoms. The van der Waals surface area contributed by atoms with Crippen molar-refractivity contribution < 1.29 is 19.1 Å². The highest BCUT2D eigenvalue weighted by Gasteiger charge is 2.50. The number of halogens is 1. The zero-order valence-electron chi connectivity index (χ0n) is 42.6. The third-order valence-corrected chi connectivity index (χ3v) is 18.0. The largest absolute Gasteiger partial charge is 0.391 e. The number of hydrogen-bond donors (Lipinski definition) is 3. The van der Waals surface area contributed by atoms with Gasteiger partial charge in [0.2, 0.25) is 5.91 Å². The monoisotopic (exact) mass is 1020 g/mol. The van der Waals surface area contributed by atoms with Crippen molar-refractivity contribution in [1.29, 1.82) is 0 Å². The molecule has 10 heteroatoms. The summed E-state index contributed by atoms with van der Waals surface area (Å²) in [6.07, 6.45) is 2.42. The second kappa shape index (κ2) is 25.5. The maximum atomic E-state index is 14.4. The number of aliphatic hydroxyl groups excluding tert-OH is 1. The summed E-state index contributed by atoms with van der Waals surface area (Å²) < 4.78 is 13.2. The summed E-state index contributed by atoms with van der Waals surface area (Å²) in [6.45, 7) is 4.99. The first-order chi connectivity index (χ1) is 36.3. The van der Waals surface area contributed by atoms with E-state index < -0.39 is 15.6 Å². The standard InChI is InChI=1S/C64H69FN4O3S2/c1-3-58(67-72-2)61-57(48-35-37-55(65)38-36-48)45-56-46-59(70)62(61)69(56)41-22-40-68(42-44-74-64(52-29-16-7-17-30-52,53-31-18-8-19-32-53)54-33-20-9-21-34-54)47-60(71)66-39-43-73-63(49-23-10-4-11-24-49,50-25-12-5-13-26-50)51-27-14-6-15-28-51/h4-21,23-38,56-57,59,62,67,70H,3,22,39-47H2,1-2H3,(H,66,71). The summed E-state index contributed by atoms with van der Waals surface area (Å²) in [5, 5.41) is 15.2. The number of amides is 1. The first kappa shape index (κ1) is 52.9. The Morgan fingerprint density at radius 2 is 1.09 bits per heavy atom. The minimum Gasteiger partial charge on any atom is -0.391 e. The molecule has 1 amide bonds. The minimum absolute atomic E-state index is 0.000161. The molecule has 0 spiro atoms. The lowest BCUT2D eigenvalue weighted by molar-refractivity contribution is -0.122. The van der Waals surface area contributed by atoms with E-state index >= 15 is 0 Å². The van der Waals surface area contributed by atoms with Crippen molar-refractivity contribution in [1.82, 2.24) is 20.6 Å². The Hall–Kier alpha value is -5.98. The molecular weight excluding hydrogens is 956 g/mol. The van der Waals surface area contributed by atoms with Crippen LogP contribution in [-0.4, -0.2) is 90.3 Å². The Labute approximate surface area is 446 Å². The van der Waals surface area contributed by atoms with Gasteiger partial charge >= 0.3 is 0 Å². The average molecular weight is 1030 g/mol. The van der Waals surface area contributed by atoms with E-state index in [1.807, 2.05) is 35.7 Å². The molecule has 4 unspecified atom stereocenters. The number of benzene rings is 7. The minimum atomic E-state index is -0.553. The maximum Gasteiger partial charge on any atom is 0.234 e. The molecule has 2 fully saturated rings. The highest BCUT2D eigenvalue weighted by atomic mass is 32.2. The summed E-state index contributed by atoms with van der Waals surface area (Å²) in [5.41, 5.74) is 13.5. The molecule has 2 aliphatic rings. The molecule has 4 atom stereocenters. The van der Waals surface area contributed by atoms with Crippen LogP contribution in [0.25, 0.3) is 0 Å². The lowest BCUT2D eigenvalue weighted by Crippen LogP contribution is -2.48. The number of carbonyl (C=O) groups excluding carboxylic acids is 1. The van der Waals surface area contributed by atoms with Gasteiger partial charge in [-0.15, -0.1) is 23.5 Å². The van der Waals surface area contributed by atoms with E-state index in [1.54, 1.807) is 7.11 Å². The predicted octanol–water partition coefficient (Wildman–Crippen LogP) is 12.2. The number of nitrogens with zero attached hydrogens (tertiary/aromatic N) is 2. The van der Waals surface area contributed by atoms with E-state index in [4.69, 9.17) is 4.84 Å². The van der Waals surface area contributed by atoms with Crippen molar-refractivity contribution in [3.8, 4) is 0 Å². The smallest absolute Gasteiger partial charge is 0.234 e. The summed E-state index contributed by atoms with van der Waals surface area (Å²) in [4.78, 5) is 24.7. The van der Waals surface area contributed by atoms with E-state index in [9.17, 15) is 14.3 Å².